The minimum Gasteiger partial charge on any atom is -0.465 e. The maximum absolute atomic E-state index is 12.6. The van der Waals surface area contributed by atoms with E-state index in [1.165, 1.54) is 4.90 Å². The standard InChI is InChI=1S/C25H29N3O4/c1-16-2-3-20(24(30)27-21-8-9-21)14-22(16)18-4-6-19(7-5-18)23(29)26-15-17-10-12-28(13-11-17)25(31)32/h2-7,14,17,21H,8-13,15H2,1H3,(H,26,29)(H,27,30)(H,31,32). The summed E-state index contributed by atoms with van der Waals surface area (Å²) in [7, 11) is 0. The second-order valence-electron chi connectivity index (χ2n) is 8.78. The molecule has 1 saturated carbocycles. The topological polar surface area (TPSA) is 98.7 Å². The van der Waals surface area contributed by atoms with Crippen molar-refractivity contribution in [1.82, 2.24) is 15.5 Å². The molecule has 32 heavy (non-hydrogen) atoms. The van der Waals surface area contributed by atoms with Crippen molar-refractivity contribution < 1.29 is 19.5 Å². The summed E-state index contributed by atoms with van der Waals surface area (Å²) in [6.45, 7) is 3.59. The van der Waals surface area contributed by atoms with E-state index in [1.807, 2.05) is 37.3 Å². The van der Waals surface area contributed by atoms with E-state index in [0.29, 0.717) is 42.7 Å². The second-order valence-corrected chi connectivity index (χ2v) is 8.78. The summed E-state index contributed by atoms with van der Waals surface area (Å²) in [5.41, 5.74) is 4.23. The van der Waals surface area contributed by atoms with Crippen LogP contribution < -0.4 is 10.6 Å². The lowest BCUT2D eigenvalue weighted by molar-refractivity contribution is 0.0927. The number of piperidine rings is 1. The minimum absolute atomic E-state index is 0.0427. The number of carbonyl (C=O) groups excluding carboxylic acids is 2. The summed E-state index contributed by atoms with van der Waals surface area (Å²) in [5.74, 6) is 0.117. The van der Waals surface area contributed by atoms with Gasteiger partial charge in [-0.3, -0.25) is 9.59 Å². The molecule has 2 aliphatic rings. The highest BCUT2D eigenvalue weighted by Crippen LogP contribution is 2.26. The Morgan fingerprint density at radius 3 is 2.22 bits per heavy atom. The van der Waals surface area contributed by atoms with Gasteiger partial charge in [-0.05, 0) is 79.5 Å². The van der Waals surface area contributed by atoms with Crippen molar-refractivity contribution in [2.45, 2.75) is 38.6 Å². The molecule has 0 bridgehead atoms. The van der Waals surface area contributed by atoms with Crippen LogP contribution in [0.3, 0.4) is 0 Å². The Morgan fingerprint density at radius 1 is 0.938 bits per heavy atom. The maximum atomic E-state index is 12.6. The van der Waals surface area contributed by atoms with Gasteiger partial charge in [0.25, 0.3) is 11.8 Å². The Kier molecular flexibility index (Phi) is 6.44. The molecule has 1 heterocycles. The Labute approximate surface area is 187 Å². The molecule has 0 aromatic heterocycles. The lowest BCUT2D eigenvalue weighted by Crippen LogP contribution is -2.40. The van der Waals surface area contributed by atoms with Crippen molar-refractivity contribution in [2.75, 3.05) is 19.6 Å². The second kappa shape index (κ2) is 9.42. The van der Waals surface area contributed by atoms with Gasteiger partial charge in [0.05, 0.1) is 0 Å². The van der Waals surface area contributed by atoms with Crippen molar-refractivity contribution in [1.29, 1.82) is 0 Å². The predicted molar refractivity (Wildman–Crippen MR) is 122 cm³/mol. The first-order valence-corrected chi connectivity index (χ1v) is 11.2. The highest BCUT2D eigenvalue weighted by atomic mass is 16.4. The van der Waals surface area contributed by atoms with Gasteiger partial charge in [-0.25, -0.2) is 4.79 Å². The normalized spacial score (nSPS) is 16.5. The zero-order valence-electron chi connectivity index (χ0n) is 18.3. The fourth-order valence-electron chi connectivity index (χ4n) is 4.04. The largest absolute Gasteiger partial charge is 0.465 e. The first-order chi connectivity index (χ1) is 15.4. The molecular formula is C25H29N3O4. The van der Waals surface area contributed by atoms with Gasteiger partial charge < -0.3 is 20.6 Å². The molecule has 3 N–H and O–H groups in total. The van der Waals surface area contributed by atoms with Crippen LogP contribution in [0.2, 0.25) is 0 Å². The molecule has 0 atom stereocenters. The monoisotopic (exact) mass is 435 g/mol. The number of hydrogen-bond donors (Lipinski definition) is 3. The van der Waals surface area contributed by atoms with Gasteiger partial charge in [-0.15, -0.1) is 0 Å². The molecule has 3 amide bonds. The van der Waals surface area contributed by atoms with Crippen LogP contribution in [0.25, 0.3) is 11.1 Å². The van der Waals surface area contributed by atoms with Crippen molar-refractivity contribution in [2.24, 2.45) is 5.92 Å². The summed E-state index contributed by atoms with van der Waals surface area (Å²) < 4.78 is 0. The number of carbonyl (C=O) groups is 3. The Hall–Kier alpha value is -3.35. The number of nitrogens with one attached hydrogen (secondary N) is 2. The number of benzene rings is 2. The van der Waals surface area contributed by atoms with Crippen molar-refractivity contribution in [3.63, 3.8) is 0 Å². The fraction of sp³-hybridized carbons (Fsp3) is 0.400. The molecule has 0 radical (unpaired) electrons. The van der Waals surface area contributed by atoms with Gasteiger partial charge in [-0.1, -0.05) is 18.2 Å². The summed E-state index contributed by atoms with van der Waals surface area (Å²) >= 11 is 0. The lowest BCUT2D eigenvalue weighted by Gasteiger charge is -2.29. The Balaban J connectivity index is 1.36. The smallest absolute Gasteiger partial charge is 0.407 e. The molecule has 2 fully saturated rings. The van der Waals surface area contributed by atoms with E-state index in [2.05, 4.69) is 10.6 Å². The SMILES string of the molecule is Cc1ccc(C(=O)NC2CC2)cc1-c1ccc(C(=O)NCC2CCN(C(=O)O)CC2)cc1. The van der Waals surface area contributed by atoms with E-state index in [-0.39, 0.29) is 11.8 Å². The van der Waals surface area contributed by atoms with Crippen LogP contribution in [-0.2, 0) is 0 Å². The third-order valence-electron chi connectivity index (χ3n) is 6.31. The molecule has 7 heteroatoms. The molecule has 1 aliphatic heterocycles. The van der Waals surface area contributed by atoms with Gasteiger partial charge in [0.15, 0.2) is 0 Å². The van der Waals surface area contributed by atoms with Crippen LogP contribution in [-0.4, -0.2) is 53.6 Å². The first-order valence-electron chi connectivity index (χ1n) is 11.2. The van der Waals surface area contributed by atoms with Gasteiger partial charge >= 0.3 is 6.09 Å². The summed E-state index contributed by atoms with van der Waals surface area (Å²) in [6.07, 6.45) is 2.74. The lowest BCUT2D eigenvalue weighted by atomic mass is 9.96. The van der Waals surface area contributed by atoms with Crippen LogP contribution in [0.15, 0.2) is 42.5 Å². The molecule has 7 nitrogen and oxygen atoms in total. The van der Waals surface area contributed by atoms with Crippen LogP contribution >= 0.6 is 0 Å². The molecule has 0 spiro atoms. The van der Waals surface area contributed by atoms with E-state index < -0.39 is 6.09 Å². The molecule has 1 aliphatic carbocycles. The van der Waals surface area contributed by atoms with Crippen LogP contribution in [0.1, 0.15) is 52.0 Å². The van der Waals surface area contributed by atoms with Crippen LogP contribution in [0, 0.1) is 12.8 Å². The summed E-state index contributed by atoms with van der Waals surface area (Å²) in [5, 5.41) is 15.0. The predicted octanol–water partition coefficient (Wildman–Crippen LogP) is 3.67. The van der Waals surface area contributed by atoms with Gasteiger partial charge in [0, 0.05) is 36.8 Å². The summed E-state index contributed by atoms with van der Waals surface area (Å²) in [6, 6.07) is 13.4. The third-order valence-corrected chi connectivity index (χ3v) is 6.31. The quantitative estimate of drug-likeness (QED) is 0.645. The highest BCUT2D eigenvalue weighted by molar-refractivity contribution is 5.97. The van der Waals surface area contributed by atoms with Crippen LogP contribution in [0.4, 0.5) is 4.79 Å². The number of nitrogens with zero attached hydrogens (tertiary/aromatic N) is 1. The average Bonchev–Trinajstić information content (AvgIpc) is 3.62. The number of hydrogen-bond acceptors (Lipinski definition) is 3. The van der Waals surface area contributed by atoms with E-state index in [9.17, 15) is 14.4 Å². The number of amides is 3. The number of carboxylic acid groups (broad SMARTS) is 1. The van der Waals surface area contributed by atoms with Crippen molar-refractivity contribution in [3.8, 4) is 11.1 Å². The van der Waals surface area contributed by atoms with Gasteiger partial charge in [-0.2, -0.15) is 0 Å². The Bertz CT molecular complexity index is 1010. The third kappa shape index (κ3) is 5.28. The molecule has 4 rings (SSSR count). The highest BCUT2D eigenvalue weighted by Gasteiger charge is 2.24. The van der Waals surface area contributed by atoms with Crippen LogP contribution in [0.5, 0.6) is 0 Å². The van der Waals surface area contributed by atoms with E-state index in [1.54, 1.807) is 12.1 Å². The zero-order chi connectivity index (χ0) is 22.7. The van der Waals surface area contributed by atoms with E-state index in [0.717, 1.165) is 42.4 Å². The molecule has 0 unspecified atom stereocenters. The van der Waals surface area contributed by atoms with Crippen molar-refractivity contribution >= 4 is 17.9 Å². The summed E-state index contributed by atoms with van der Waals surface area (Å²) in [4.78, 5) is 37.4. The zero-order valence-corrected chi connectivity index (χ0v) is 18.3. The average molecular weight is 436 g/mol. The maximum Gasteiger partial charge on any atom is 0.407 e. The molecule has 1 saturated heterocycles. The fourth-order valence-corrected chi connectivity index (χ4v) is 4.04. The van der Waals surface area contributed by atoms with Crippen molar-refractivity contribution in [3.05, 3.63) is 59.2 Å². The molecule has 2 aromatic carbocycles. The van der Waals surface area contributed by atoms with E-state index >= 15 is 0 Å². The first kappa shape index (κ1) is 21.9. The minimum atomic E-state index is -0.878. The molecular weight excluding hydrogens is 406 g/mol. The number of likely N-dealkylation sites (tertiary alicyclic amines) is 1. The number of rotatable bonds is 6. The molecule has 168 valence electrons. The van der Waals surface area contributed by atoms with E-state index in [4.69, 9.17) is 5.11 Å². The van der Waals surface area contributed by atoms with Gasteiger partial charge in [0.1, 0.15) is 0 Å². The Morgan fingerprint density at radius 2 is 1.59 bits per heavy atom. The van der Waals surface area contributed by atoms with Gasteiger partial charge in [0.2, 0.25) is 0 Å². The number of aryl methyl sites for hydroxylation is 1. The molecule has 2 aromatic rings.